The Hall–Kier alpha value is -2.51. The molecule has 2 aliphatic carbocycles. The second-order valence-electron chi connectivity index (χ2n) is 9.59. The molecule has 4 fully saturated rings. The molecule has 0 bridgehead atoms. The topological polar surface area (TPSA) is 102 Å². The third kappa shape index (κ3) is 2.44. The first-order valence-electron chi connectivity index (χ1n) is 10.7. The van der Waals surface area contributed by atoms with Gasteiger partial charge in [-0.15, -0.1) is 0 Å². The Morgan fingerprint density at radius 2 is 1.94 bits per heavy atom. The van der Waals surface area contributed by atoms with Gasteiger partial charge in [0.25, 0.3) is 0 Å². The summed E-state index contributed by atoms with van der Waals surface area (Å²) in [5.41, 5.74) is -2.88. The third-order valence-corrected chi connectivity index (χ3v) is 8.23. The first kappa shape index (κ1) is 20.4. The number of rotatable bonds is 3. The van der Waals surface area contributed by atoms with E-state index in [1.807, 2.05) is 44.2 Å². The molecule has 1 aromatic carbocycles. The Labute approximate surface area is 180 Å². The molecule has 31 heavy (non-hydrogen) atoms. The normalized spacial score (nSPS) is 45.5. The highest BCUT2D eigenvalue weighted by molar-refractivity contribution is 5.93. The third-order valence-electron chi connectivity index (χ3n) is 8.23. The van der Waals surface area contributed by atoms with Crippen molar-refractivity contribution >= 4 is 23.8 Å². The van der Waals surface area contributed by atoms with E-state index in [4.69, 9.17) is 14.2 Å². The monoisotopic (exact) mass is 426 g/mol. The standard InChI is InChI=1S/C24H26O7/c1-13-9-11-15(25)17-18(27)24(20(28)30-21-23(24,3)31-21)19(22(13,17)2)29-16(26)12-10-14-7-5-4-6-8-14/h4-8,10,12-13,17-19,21,27H,9,11H2,1-3H3/t13-,17+,18+,19-,21-,22+,23+,24-/m0/s1. The Bertz CT molecular complexity index is 987. The van der Waals surface area contributed by atoms with Gasteiger partial charge in [0.2, 0.25) is 6.29 Å². The lowest BCUT2D eigenvalue weighted by atomic mass is 9.60. The minimum atomic E-state index is -1.64. The van der Waals surface area contributed by atoms with Crippen LogP contribution in [0.1, 0.15) is 39.2 Å². The lowest BCUT2D eigenvalue weighted by molar-refractivity contribution is -0.188. The minimum Gasteiger partial charge on any atom is -0.457 e. The molecule has 8 atom stereocenters. The number of benzene rings is 1. The average Bonchev–Trinajstić information content (AvgIpc) is 3.26. The Morgan fingerprint density at radius 3 is 2.58 bits per heavy atom. The van der Waals surface area contributed by atoms with Gasteiger partial charge in [-0.2, -0.15) is 0 Å². The maximum absolute atomic E-state index is 13.1. The number of esters is 2. The highest BCUT2D eigenvalue weighted by atomic mass is 16.8. The molecule has 0 amide bonds. The smallest absolute Gasteiger partial charge is 0.331 e. The van der Waals surface area contributed by atoms with Gasteiger partial charge in [-0.1, -0.05) is 44.2 Å². The van der Waals surface area contributed by atoms with Crippen LogP contribution in [0.2, 0.25) is 0 Å². The molecule has 0 aromatic heterocycles. The number of Topliss-reactive ketones (excluding diaryl/α,β-unsaturated/α-hetero) is 1. The van der Waals surface area contributed by atoms with Crippen molar-refractivity contribution < 1.29 is 33.7 Å². The summed E-state index contributed by atoms with van der Waals surface area (Å²) < 4.78 is 17.0. The highest BCUT2D eigenvalue weighted by Gasteiger charge is 2.90. The van der Waals surface area contributed by atoms with Crippen LogP contribution in [0.15, 0.2) is 36.4 Å². The van der Waals surface area contributed by atoms with Crippen molar-refractivity contribution in [3.63, 3.8) is 0 Å². The molecular formula is C24H26O7. The molecule has 164 valence electrons. The molecule has 2 saturated heterocycles. The number of aliphatic hydroxyl groups excluding tert-OH is 1. The molecule has 1 spiro atoms. The summed E-state index contributed by atoms with van der Waals surface area (Å²) >= 11 is 0. The van der Waals surface area contributed by atoms with E-state index < -0.39 is 52.8 Å². The second-order valence-corrected chi connectivity index (χ2v) is 9.59. The number of hydrogen-bond acceptors (Lipinski definition) is 7. The Kier molecular flexibility index (Phi) is 4.27. The molecule has 0 radical (unpaired) electrons. The van der Waals surface area contributed by atoms with E-state index in [1.54, 1.807) is 13.0 Å². The van der Waals surface area contributed by atoms with E-state index in [2.05, 4.69) is 0 Å². The van der Waals surface area contributed by atoms with Gasteiger partial charge in [0, 0.05) is 17.9 Å². The first-order valence-corrected chi connectivity index (χ1v) is 10.7. The SMILES string of the molecule is C[C@H]1CCC(=O)[C@@H]2[C@@H](O)[C@@]3(C(=O)O[C@H]4O[C@]43C)[C@@H](OC(=O)C=Cc3ccccc3)[C@@]21C. The van der Waals surface area contributed by atoms with Crippen molar-refractivity contribution in [2.24, 2.45) is 22.7 Å². The average molecular weight is 426 g/mol. The fraction of sp³-hybridized carbons (Fsp3) is 0.542. The van der Waals surface area contributed by atoms with Crippen LogP contribution in [-0.4, -0.2) is 46.9 Å². The van der Waals surface area contributed by atoms with Gasteiger partial charge in [-0.05, 0) is 30.9 Å². The number of fused-ring (bicyclic) bond motifs is 3. The maximum Gasteiger partial charge on any atom is 0.331 e. The van der Waals surface area contributed by atoms with Crippen molar-refractivity contribution in [3.8, 4) is 0 Å². The molecule has 4 aliphatic rings. The first-order chi connectivity index (χ1) is 14.7. The highest BCUT2D eigenvalue weighted by Crippen LogP contribution is 2.72. The largest absolute Gasteiger partial charge is 0.457 e. The maximum atomic E-state index is 13.1. The summed E-state index contributed by atoms with van der Waals surface area (Å²) in [6.45, 7) is 5.49. The van der Waals surface area contributed by atoms with E-state index >= 15 is 0 Å². The van der Waals surface area contributed by atoms with Crippen LogP contribution >= 0.6 is 0 Å². The number of aliphatic hydroxyl groups is 1. The van der Waals surface area contributed by atoms with E-state index in [9.17, 15) is 19.5 Å². The zero-order chi connectivity index (χ0) is 22.2. The molecular weight excluding hydrogens is 400 g/mol. The predicted molar refractivity (Wildman–Crippen MR) is 108 cm³/mol. The number of ketones is 1. The van der Waals surface area contributed by atoms with E-state index in [0.717, 1.165) is 5.56 Å². The Balaban J connectivity index is 1.56. The number of epoxide rings is 1. The fourth-order valence-corrected chi connectivity index (χ4v) is 6.23. The molecule has 2 aliphatic heterocycles. The van der Waals surface area contributed by atoms with Crippen LogP contribution in [-0.2, 0) is 28.6 Å². The van der Waals surface area contributed by atoms with Crippen molar-refractivity contribution in [2.75, 3.05) is 0 Å². The van der Waals surface area contributed by atoms with Crippen molar-refractivity contribution in [2.45, 2.75) is 57.7 Å². The van der Waals surface area contributed by atoms with Crippen LogP contribution in [0.25, 0.3) is 6.08 Å². The zero-order valence-electron chi connectivity index (χ0n) is 17.7. The summed E-state index contributed by atoms with van der Waals surface area (Å²) in [6, 6.07) is 9.28. The van der Waals surface area contributed by atoms with Gasteiger partial charge < -0.3 is 19.3 Å². The summed E-state index contributed by atoms with van der Waals surface area (Å²) in [6.07, 6.45) is 0.629. The van der Waals surface area contributed by atoms with E-state index in [0.29, 0.717) is 12.8 Å². The van der Waals surface area contributed by atoms with Gasteiger partial charge in [0.15, 0.2) is 11.0 Å². The lowest BCUT2D eigenvalue weighted by Crippen LogP contribution is -2.57. The van der Waals surface area contributed by atoms with Crippen LogP contribution in [0.4, 0.5) is 0 Å². The van der Waals surface area contributed by atoms with Gasteiger partial charge in [0.05, 0.1) is 12.0 Å². The number of carbonyl (C=O) groups excluding carboxylic acids is 3. The Morgan fingerprint density at radius 1 is 1.23 bits per heavy atom. The summed E-state index contributed by atoms with van der Waals surface area (Å²) in [5, 5.41) is 11.4. The van der Waals surface area contributed by atoms with Gasteiger partial charge in [-0.25, -0.2) is 4.79 Å². The predicted octanol–water partition coefficient (Wildman–Crippen LogP) is 2.27. The van der Waals surface area contributed by atoms with Crippen molar-refractivity contribution in [1.82, 2.24) is 0 Å². The molecule has 7 heteroatoms. The molecule has 0 unspecified atom stereocenters. The van der Waals surface area contributed by atoms with Gasteiger partial charge in [-0.3, -0.25) is 9.59 Å². The summed E-state index contributed by atoms with van der Waals surface area (Å²) in [4.78, 5) is 39.0. The molecule has 1 N–H and O–H groups in total. The van der Waals surface area contributed by atoms with Crippen molar-refractivity contribution in [3.05, 3.63) is 42.0 Å². The summed E-state index contributed by atoms with van der Waals surface area (Å²) in [5.74, 6) is -2.33. The van der Waals surface area contributed by atoms with Crippen LogP contribution in [0.5, 0.6) is 0 Å². The van der Waals surface area contributed by atoms with Crippen LogP contribution in [0, 0.1) is 22.7 Å². The molecule has 1 aromatic rings. The van der Waals surface area contributed by atoms with E-state index in [-0.39, 0.29) is 11.7 Å². The fourth-order valence-electron chi connectivity index (χ4n) is 6.23. The second kappa shape index (κ2) is 6.50. The van der Waals surface area contributed by atoms with Crippen LogP contribution in [0.3, 0.4) is 0 Å². The molecule has 2 heterocycles. The van der Waals surface area contributed by atoms with Gasteiger partial charge >= 0.3 is 11.9 Å². The molecule has 7 nitrogen and oxygen atoms in total. The lowest BCUT2D eigenvalue weighted by Gasteiger charge is -2.45. The number of carbonyl (C=O) groups is 3. The number of ether oxygens (including phenoxy) is 3. The van der Waals surface area contributed by atoms with E-state index in [1.165, 1.54) is 6.08 Å². The molecule has 5 rings (SSSR count). The van der Waals surface area contributed by atoms with Gasteiger partial charge in [0.1, 0.15) is 11.9 Å². The summed E-state index contributed by atoms with van der Waals surface area (Å²) in [7, 11) is 0. The van der Waals surface area contributed by atoms with Crippen LogP contribution < -0.4 is 0 Å². The molecule has 2 saturated carbocycles. The number of hydrogen-bond donors (Lipinski definition) is 1. The van der Waals surface area contributed by atoms with Crippen molar-refractivity contribution in [1.29, 1.82) is 0 Å². The zero-order valence-corrected chi connectivity index (χ0v) is 17.7. The quantitative estimate of drug-likeness (QED) is 0.449. The minimum absolute atomic E-state index is 0.0608.